The van der Waals surface area contributed by atoms with Crippen molar-refractivity contribution < 1.29 is 29.0 Å². The maximum absolute atomic E-state index is 13.3. The van der Waals surface area contributed by atoms with Crippen molar-refractivity contribution in [1.29, 1.82) is 0 Å². The lowest BCUT2D eigenvalue weighted by atomic mass is 9.90. The number of aromatic carboxylic acids is 1. The zero-order chi connectivity index (χ0) is 22.4. The lowest BCUT2D eigenvalue weighted by molar-refractivity contribution is 0.0304. The molecule has 2 aliphatic heterocycles. The predicted octanol–water partition coefficient (Wildman–Crippen LogP) is 2.81. The van der Waals surface area contributed by atoms with Gasteiger partial charge in [0.15, 0.2) is 0 Å². The second-order valence-electron chi connectivity index (χ2n) is 7.59. The van der Waals surface area contributed by atoms with E-state index in [1.54, 1.807) is 35.2 Å². The van der Waals surface area contributed by atoms with E-state index in [1.807, 2.05) is 0 Å². The largest absolute Gasteiger partial charge is 0.478 e. The van der Waals surface area contributed by atoms with E-state index in [9.17, 15) is 24.3 Å². The first kappa shape index (κ1) is 19.9. The minimum atomic E-state index is -1.16. The first-order chi connectivity index (χ1) is 15.5. The van der Waals surface area contributed by atoms with E-state index in [0.717, 1.165) is 4.90 Å². The van der Waals surface area contributed by atoms with Crippen molar-refractivity contribution in [2.24, 2.45) is 0 Å². The molecule has 5 rings (SSSR count). The number of benzene rings is 3. The molecule has 0 saturated carbocycles. The van der Waals surface area contributed by atoms with Gasteiger partial charge in [-0.2, -0.15) is 0 Å². The number of amides is 3. The SMILES string of the molecule is O=C(O)c1cccc(N2C(=O)c3cccc4c(C(=O)N5CCOCC5)ccc(c34)C2=O)c1. The molecule has 2 heterocycles. The first-order valence-electron chi connectivity index (χ1n) is 10.1. The van der Waals surface area contributed by atoms with Crippen LogP contribution >= 0.6 is 0 Å². The molecule has 3 aromatic carbocycles. The maximum Gasteiger partial charge on any atom is 0.335 e. The second kappa shape index (κ2) is 7.58. The molecule has 2 aliphatic rings. The predicted molar refractivity (Wildman–Crippen MR) is 115 cm³/mol. The lowest BCUT2D eigenvalue weighted by Gasteiger charge is -2.30. The number of hydrogen-bond donors (Lipinski definition) is 1. The third-order valence-electron chi connectivity index (χ3n) is 5.79. The molecule has 160 valence electrons. The van der Waals surface area contributed by atoms with E-state index in [2.05, 4.69) is 0 Å². The van der Waals surface area contributed by atoms with E-state index in [0.29, 0.717) is 42.6 Å². The van der Waals surface area contributed by atoms with Gasteiger partial charge in [-0.15, -0.1) is 0 Å². The summed E-state index contributed by atoms with van der Waals surface area (Å²) in [5.41, 5.74) is 1.15. The normalized spacial score (nSPS) is 15.9. The molecule has 32 heavy (non-hydrogen) atoms. The standard InChI is InChI=1S/C24H18N2O6/c27-21(25-9-11-32-12-10-25)17-7-8-19-20-16(17)5-2-6-18(20)22(28)26(23(19)29)15-4-1-3-14(13-15)24(30)31/h1-8,13H,9-12H2,(H,30,31). The number of anilines is 1. The maximum atomic E-state index is 13.3. The number of carboxylic acids is 1. The molecule has 8 heteroatoms. The summed E-state index contributed by atoms with van der Waals surface area (Å²) in [6, 6.07) is 13.9. The summed E-state index contributed by atoms with van der Waals surface area (Å²) >= 11 is 0. The molecule has 0 radical (unpaired) electrons. The van der Waals surface area contributed by atoms with Crippen LogP contribution in [0.2, 0.25) is 0 Å². The van der Waals surface area contributed by atoms with Gasteiger partial charge in [-0.1, -0.05) is 18.2 Å². The Labute approximate surface area is 182 Å². The highest BCUT2D eigenvalue weighted by Crippen LogP contribution is 2.35. The van der Waals surface area contributed by atoms with Crippen LogP contribution in [0.3, 0.4) is 0 Å². The van der Waals surface area contributed by atoms with Gasteiger partial charge in [0.25, 0.3) is 17.7 Å². The van der Waals surface area contributed by atoms with Crippen molar-refractivity contribution in [2.45, 2.75) is 0 Å². The number of ether oxygens (including phenoxy) is 1. The third-order valence-corrected chi connectivity index (χ3v) is 5.79. The first-order valence-corrected chi connectivity index (χ1v) is 10.1. The van der Waals surface area contributed by atoms with E-state index in [1.165, 1.54) is 24.3 Å². The minimum absolute atomic E-state index is 0.0291. The fraction of sp³-hybridized carbons (Fsp3) is 0.167. The summed E-state index contributed by atoms with van der Waals surface area (Å²) in [5, 5.41) is 10.3. The van der Waals surface area contributed by atoms with Crippen molar-refractivity contribution in [2.75, 3.05) is 31.2 Å². The van der Waals surface area contributed by atoms with Gasteiger partial charge in [-0.25, -0.2) is 9.69 Å². The summed E-state index contributed by atoms with van der Waals surface area (Å²) in [5.74, 6) is -2.45. The molecule has 0 bridgehead atoms. The van der Waals surface area contributed by atoms with Gasteiger partial charge >= 0.3 is 5.97 Å². The number of nitrogens with zero attached hydrogens (tertiary/aromatic N) is 2. The Morgan fingerprint density at radius 1 is 0.875 bits per heavy atom. The highest BCUT2D eigenvalue weighted by molar-refractivity contribution is 6.36. The van der Waals surface area contributed by atoms with Crippen molar-refractivity contribution >= 4 is 40.2 Å². The molecule has 0 atom stereocenters. The van der Waals surface area contributed by atoms with Crippen molar-refractivity contribution in [1.82, 2.24) is 4.90 Å². The van der Waals surface area contributed by atoms with E-state index in [-0.39, 0.29) is 28.3 Å². The zero-order valence-electron chi connectivity index (χ0n) is 16.9. The highest BCUT2D eigenvalue weighted by atomic mass is 16.5. The molecule has 0 aliphatic carbocycles. The van der Waals surface area contributed by atoms with Gasteiger partial charge in [0, 0.05) is 35.2 Å². The van der Waals surface area contributed by atoms with Gasteiger partial charge < -0.3 is 14.7 Å². The summed E-state index contributed by atoms with van der Waals surface area (Å²) < 4.78 is 5.32. The second-order valence-corrected chi connectivity index (χ2v) is 7.59. The molecular formula is C24H18N2O6. The summed E-state index contributed by atoms with van der Waals surface area (Å²) in [4.78, 5) is 53.8. The van der Waals surface area contributed by atoms with E-state index >= 15 is 0 Å². The molecule has 0 spiro atoms. The molecule has 0 aromatic heterocycles. The van der Waals surface area contributed by atoms with Gasteiger partial charge in [0.05, 0.1) is 24.5 Å². The Hall–Kier alpha value is -4.04. The number of morpholine rings is 1. The minimum Gasteiger partial charge on any atom is -0.478 e. The Balaban J connectivity index is 1.63. The third kappa shape index (κ3) is 3.04. The van der Waals surface area contributed by atoms with Crippen LogP contribution in [0.25, 0.3) is 10.8 Å². The highest BCUT2D eigenvalue weighted by Gasteiger charge is 2.35. The van der Waals surface area contributed by atoms with Crippen LogP contribution in [-0.2, 0) is 4.74 Å². The molecule has 1 N–H and O–H groups in total. The summed E-state index contributed by atoms with van der Waals surface area (Å²) in [6.45, 7) is 1.89. The molecule has 8 nitrogen and oxygen atoms in total. The monoisotopic (exact) mass is 430 g/mol. The Morgan fingerprint density at radius 3 is 2.28 bits per heavy atom. The quantitative estimate of drug-likeness (QED) is 0.641. The Morgan fingerprint density at radius 2 is 1.56 bits per heavy atom. The van der Waals surface area contributed by atoms with Crippen LogP contribution in [-0.4, -0.2) is 60.0 Å². The smallest absolute Gasteiger partial charge is 0.335 e. The number of carbonyl (C=O) groups excluding carboxylic acids is 3. The molecule has 0 unspecified atom stereocenters. The molecule has 1 saturated heterocycles. The van der Waals surface area contributed by atoms with Crippen LogP contribution < -0.4 is 4.90 Å². The average Bonchev–Trinajstić information content (AvgIpc) is 2.82. The van der Waals surface area contributed by atoms with Gasteiger partial charge in [0.1, 0.15) is 0 Å². The Kier molecular flexibility index (Phi) is 4.71. The Bertz CT molecular complexity index is 1290. The van der Waals surface area contributed by atoms with Gasteiger partial charge in [0.2, 0.25) is 0 Å². The molecule has 3 aromatic rings. The average molecular weight is 430 g/mol. The summed E-state index contributed by atoms with van der Waals surface area (Å²) in [6.07, 6.45) is 0. The topological polar surface area (TPSA) is 104 Å². The van der Waals surface area contributed by atoms with Crippen LogP contribution in [0, 0.1) is 0 Å². The van der Waals surface area contributed by atoms with Gasteiger partial charge in [-0.05, 0) is 41.8 Å². The van der Waals surface area contributed by atoms with Crippen LogP contribution in [0.4, 0.5) is 5.69 Å². The van der Waals surface area contributed by atoms with Crippen LogP contribution in [0.5, 0.6) is 0 Å². The summed E-state index contributed by atoms with van der Waals surface area (Å²) in [7, 11) is 0. The fourth-order valence-corrected chi connectivity index (χ4v) is 4.23. The van der Waals surface area contributed by atoms with Crippen LogP contribution in [0.15, 0.2) is 54.6 Å². The fourth-order valence-electron chi connectivity index (χ4n) is 4.23. The van der Waals surface area contributed by atoms with Crippen LogP contribution in [0.1, 0.15) is 41.4 Å². The number of imide groups is 1. The van der Waals surface area contributed by atoms with Crippen molar-refractivity contribution in [3.05, 3.63) is 76.9 Å². The van der Waals surface area contributed by atoms with Crippen molar-refractivity contribution in [3.8, 4) is 0 Å². The van der Waals surface area contributed by atoms with Gasteiger partial charge in [-0.3, -0.25) is 14.4 Å². The molecular weight excluding hydrogens is 412 g/mol. The number of carboxylic acid groups (broad SMARTS) is 1. The number of hydrogen-bond acceptors (Lipinski definition) is 5. The number of rotatable bonds is 3. The van der Waals surface area contributed by atoms with Crippen molar-refractivity contribution in [3.63, 3.8) is 0 Å². The van der Waals surface area contributed by atoms with E-state index in [4.69, 9.17) is 4.74 Å². The van der Waals surface area contributed by atoms with E-state index < -0.39 is 17.8 Å². The molecule has 1 fully saturated rings. The number of carbonyl (C=O) groups is 4. The molecule has 3 amide bonds. The lowest BCUT2D eigenvalue weighted by Crippen LogP contribution is -2.42. The zero-order valence-corrected chi connectivity index (χ0v) is 16.9.